The van der Waals surface area contributed by atoms with Gasteiger partial charge in [-0.3, -0.25) is 4.79 Å². The Hall–Kier alpha value is -2.61. The highest BCUT2D eigenvalue weighted by Gasteiger charge is 2.17. The van der Waals surface area contributed by atoms with Crippen LogP contribution < -0.4 is 20.5 Å². The minimum Gasteiger partial charge on any atom is -0.454 e. The third kappa shape index (κ3) is 2.95. The van der Waals surface area contributed by atoms with Crippen molar-refractivity contribution in [1.82, 2.24) is 20.3 Å². The number of carbonyl (C=O) groups is 1. The Morgan fingerprint density at radius 3 is 3.14 bits per heavy atom. The van der Waals surface area contributed by atoms with E-state index in [1.165, 1.54) is 4.68 Å². The summed E-state index contributed by atoms with van der Waals surface area (Å²) >= 11 is 0. The second-order valence-corrected chi connectivity index (χ2v) is 4.54. The van der Waals surface area contributed by atoms with Gasteiger partial charge in [0, 0.05) is 18.7 Å². The van der Waals surface area contributed by atoms with Gasteiger partial charge >= 0.3 is 0 Å². The molecule has 0 saturated heterocycles. The smallest absolute Gasteiger partial charge is 0.242 e. The van der Waals surface area contributed by atoms with E-state index in [0.717, 1.165) is 5.56 Å². The van der Waals surface area contributed by atoms with E-state index < -0.39 is 0 Å². The Balaban J connectivity index is 1.58. The average molecular weight is 289 g/mol. The van der Waals surface area contributed by atoms with Crippen LogP contribution in [0.25, 0.3) is 0 Å². The molecule has 1 aliphatic rings. The van der Waals surface area contributed by atoms with E-state index in [1.807, 2.05) is 18.2 Å². The van der Waals surface area contributed by atoms with Crippen LogP contribution in [0.1, 0.15) is 11.3 Å². The van der Waals surface area contributed by atoms with E-state index in [2.05, 4.69) is 15.6 Å². The van der Waals surface area contributed by atoms with E-state index in [1.54, 1.807) is 6.20 Å². The summed E-state index contributed by atoms with van der Waals surface area (Å²) in [7, 11) is 0. The zero-order valence-corrected chi connectivity index (χ0v) is 11.3. The molecule has 0 atom stereocenters. The van der Waals surface area contributed by atoms with E-state index in [-0.39, 0.29) is 19.2 Å². The van der Waals surface area contributed by atoms with Gasteiger partial charge in [0.25, 0.3) is 0 Å². The fraction of sp³-hybridized carbons (Fsp3) is 0.308. The minimum absolute atomic E-state index is 0.0966. The third-order valence-corrected chi connectivity index (χ3v) is 3.05. The lowest BCUT2D eigenvalue weighted by Gasteiger charge is -2.07. The highest BCUT2D eigenvalue weighted by Crippen LogP contribution is 2.35. The van der Waals surface area contributed by atoms with Crippen molar-refractivity contribution < 1.29 is 14.3 Å². The topological polar surface area (TPSA) is 104 Å². The van der Waals surface area contributed by atoms with Crippen LogP contribution in [0.2, 0.25) is 0 Å². The molecule has 1 aromatic heterocycles. The van der Waals surface area contributed by atoms with Crippen molar-refractivity contribution in [2.75, 3.05) is 6.79 Å². The molecule has 0 radical (unpaired) electrons. The number of nitrogens with two attached hydrogens (primary N) is 1. The molecular weight excluding hydrogens is 274 g/mol. The first-order valence-corrected chi connectivity index (χ1v) is 6.49. The first kappa shape index (κ1) is 13.4. The van der Waals surface area contributed by atoms with Gasteiger partial charge in [-0.25, -0.2) is 4.68 Å². The van der Waals surface area contributed by atoms with Gasteiger partial charge in [0.15, 0.2) is 11.5 Å². The summed E-state index contributed by atoms with van der Waals surface area (Å²) in [5.74, 6) is 1.22. The lowest BCUT2D eigenvalue weighted by Crippen LogP contribution is -2.27. The molecule has 1 aromatic carbocycles. The molecule has 0 aliphatic carbocycles. The Kier molecular flexibility index (Phi) is 3.69. The number of fused-ring (bicyclic) bond motifs is 1. The predicted molar refractivity (Wildman–Crippen MR) is 72.3 cm³/mol. The third-order valence-electron chi connectivity index (χ3n) is 3.05. The second kappa shape index (κ2) is 5.80. The molecule has 3 rings (SSSR count). The normalized spacial score (nSPS) is 12.4. The molecule has 1 aliphatic heterocycles. The van der Waals surface area contributed by atoms with Crippen molar-refractivity contribution in [3.8, 4) is 11.5 Å². The minimum atomic E-state index is -0.167. The highest BCUT2D eigenvalue weighted by atomic mass is 16.7. The van der Waals surface area contributed by atoms with Gasteiger partial charge in [-0.1, -0.05) is 17.3 Å². The molecule has 8 nitrogen and oxygen atoms in total. The molecule has 0 fully saturated rings. The van der Waals surface area contributed by atoms with Crippen molar-refractivity contribution in [3.05, 3.63) is 35.7 Å². The number of nitrogens with zero attached hydrogens (tertiary/aromatic N) is 3. The number of ether oxygens (including phenoxy) is 2. The SMILES string of the molecule is NCc1cn(CC(=O)NCc2cccc3c2OCO3)nn1. The van der Waals surface area contributed by atoms with Gasteiger partial charge in [0.1, 0.15) is 6.54 Å². The fourth-order valence-corrected chi connectivity index (χ4v) is 2.04. The van der Waals surface area contributed by atoms with Crippen LogP contribution in [0.5, 0.6) is 11.5 Å². The van der Waals surface area contributed by atoms with Crippen LogP contribution in [-0.4, -0.2) is 27.7 Å². The lowest BCUT2D eigenvalue weighted by atomic mass is 10.2. The number of nitrogens with one attached hydrogen (secondary N) is 1. The molecule has 2 heterocycles. The summed E-state index contributed by atoms with van der Waals surface area (Å²) in [5.41, 5.74) is 6.96. The van der Waals surface area contributed by atoms with Crippen LogP contribution in [0, 0.1) is 0 Å². The number of aromatic nitrogens is 3. The monoisotopic (exact) mass is 289 g/mol. The van der Waals surface area contributed by atoms with Crippen molar-refractivity contribution in [2.24, 2.45) is 5.73 Å². The maximum Gasteiger partial charge on any atom is 0.242 e. The quantitative estimate of drug-likeness (QED) is 0.788. The Labute approximate surface area is 120 Å². The summed E-state index contributed by atoms with van der Waals surface area (Å²) in [4.78, 5) is 11.9. The van der Waals surface area contributed by atoms with Gasteiger partial charge < -0.3 is 20.5 Å². The zero-order valence-electron chi connectivity index (χ0n) is 11.3. The molecule has 21 heavy (non-hydrogen) atoms. The van der Waals surface area contributed by atoms with Crippen LogP contribution in [0.15, 0.2) is 24.4 Å². The molecule has 110 valence electrons. The standard InChI is InChI=1S/C13H15N5O3/c14-4-10-6-18(17-16-10)7-12(19)15-5-9-2-1-3-11-13(9)21-8-20-11/h1-3,6H,4-5,7-8,14H2,(H,15,19). The van der Waals surface area contributed by atoms with Gasteiger partial charge in [-0.15, -0.1) is 5.10 Å². The van der Waals surface area contributed by atoms with Gasteiger partial charge in [-0.2, -0.15) is 0 Å². The maximum absolute atomic E-state index is 11.9. The molecular formula is C13H15N5O3. The average Bonchev–Trinajstić information content (AvgIpc) is 3.13. The largest absolute Gasteiger partial charge is 0.454 e. The molecule has 2 aromatic rings. The number of carbonyl (C=O) groups excluding carboxylic acids is 1. The maximum atomic E-state index is 11.9. The summed E-state index contributed by atoms with van der Waals surface area (Å²) in [6, 6.07) is 5.58. The van der Waals surface area contributed by atoms with Crippen LogP contribution in [0.3, 0.4) is 0 Å². The molecule has 0 saturated carbocycles. The Morgan fingerprint density at radius 1 is 1.43 bits per heavy atom. The molecule has 0 bridgehead atoms. The Bertz CT molecular complexity index is 655. The number of rotatable bonds is 5. The molecule has 8 heteroatoms. The van der Waals surface area contributed by atoms with Gasteiger partial charge in [0.05, 0.1) is 11.9 Å². The number of hydrogen-bond acceptors (Lipinski definition) is 6. The molecule has 0 unspecified atom stereocenters. The van der Waals surface area contributed by atoms with E-state index in [0.29, 0.717) is 30.3 Å². The van der Waals surface area contributed by atoms with Crippen molar-refractivity contribution >= 4 is 5.91 Å². The van der Waals surface area contributed by atoms with Crippen molar-refractivity contribution in [3.63, 3.8) is 0 Å². The molecule has 0 spiro atoms. The molecule has 1 amide bonds. The van der Waals surface area contributed by atoms with E-state index in [4.69, 9.17) is 15.2 Å². The zero-order chi connectivity index (χ0) is 14.7. The number of para-hydroxylation sites is 1. The van der Waals surface area contributed by atoms with E-state index in [9.17, 15) is 4.79 Å². The Morgan fingerprint density at radius 2 is 2.33 bits per heavy atom. The predicted octanol–water partition coefficient (Wildman–Crippen LogP) is -0.218. The van der Waals surface area contributed by atoms with Crippen molar-refractivity contribution in [2.45, 2.75) is 19.6 Å². The van der Waals surface area contributed by atoms with Gasteiger partial charge in [0.2, 0.25) is 12.7 Å². The van der Waals surface area contributed by atoms with Crippen LogP contribution >= 0.6 is 0 Å². The van der Waals surface area contributed by atoms with Crippen LogP contribution in [-0.2, 0) is 24.4 Å². The van der Waals surface area contributed by atoms with E-state index >= 15 is 0 Å². The van der Waals surface area contributed by atoms with Crippen molar-refractivity contribution in [1.29, 1.82) is 0 Å². The molecule has 3 N–H and O–H groups in total. The van der Waals surface area contributed by atoms with Crippen LogP contribution in [0.4, 0.5) is 0 Å². The summed E-state index contributed by atoms with van der Waals surface area (Å²) in [5, 5.41) is 10.5. The highest BCUT2D eigenvalue weighted by molar-refractivity contribution is 5.75. The first-order chi connectivity index (χ1) is 10.3. The summed E-state index contributed by atoms with van der Waals surface area (Å²) in [6.45, 7) is 0.972. The lowest BCUT2D eigenvalue weighted by molar-refractivity contribution is -0.122. The number of benzene rings is 1. The fourth-order valence-electron chi connectivity index (χ4n) is 2.04. The number of amides is 1. The first-order valence-electron chi connectivity index (χ1n) is 6.49. The summed E-state index contributed by atoms with van der Waals surface area (Å²) in [6.07, 6.45) is 1.65. The van der Waals surface area contributed by atoms with Gasteiger partial charge in [-0.05, 0) is 6.07 Å². The summed E-state index contributed by atoms with van der Waals surface area (Å²) < 4.78 is 12.1. The number of hydrogen-bond donors (Lipinski definition) is 2. The second-order valence-electron chi connectivity index (χ2n) is 4.54.